The summed E-state index contributed by atoms with van der Waals surface area (Å²) in [6.07, 6.45) is 3.68. The molecule has 3 heteroatoms. The third kappa shape index (κ3) is 2.79. The Morgan fingerprint density at radius 1 is 1.47 bits per heavy atom. The highest BCUT2D eigenvalue weighted by molar-refractivity contribution is 5.40. The minimum Gasteiger partial charge on any atom is -0.493 e. The second-order valence-corrected chi connectivity index (χ2v) is 5.02. The lowest BCUT2D eigenvalue weighted by atomic mass is 9.86. The van der Waals surface area contributed by atoms with Crippen molar-refractivity contribution in [2.75, 3.05) is 13.2 Å². The molecule has 0 amide bonds. The number of aliphatic hydroxyl groups is 1. The summed E-state index contributed by atoms with van der Waals surface area (Å²) < 4.78 is 5.59. The van der Waals surface area contributed by atoms with Crippen LogP contribution in [0.3, 0.4) is 0 Å². The standard InChI is InChI=1S/C14H21NO2/c1-14(15,7-3-8-16)12-5-6-13-11(10-12)4-2-9-17-13/h5-6,10,16H,2-4,7-9,15H2,1H3. The largest absolute Gasteiger partial charge is 0.493 e. The fraction of sp³-hybridized carbons (Fsp3) is 0.571. The molecule has 0 fully saturated rings. The lowest BCUT2D eigenvalue weighted by Gasteiger charge is -2.27. The summed E-state index contributed by atoms with van der Waals surface area (Å²) in [4.78, 5) is 0. The number of hydrogen-bond acceptors (Lipinski definition) is 3. The van der Waals surface area contributed by atoms with E-state index in [4.69, 9.17) is 15.6 Å². The second-order valence-electron chi connectivity index (χ2n) is 5.02. The van der Waals surface area contributed by atoms with E-state index in [1.54, 1.807) is 0 Å². The van der Waals surface area contributed by atoms with Crippen molar-refractivity contribution in [3.63, 3.8) is 0 Å². The van der Waals surface area contributed by atoms with Gasteiger partial charge >= 0.3 is 0 Å². The predicted molar refractivity (Wildman–Crippen MR) is 68.1 cm³/mol. The first-order valence-corrected chi connectivity index (χ1v) is 6.29. The van der Waals surface area contributed by atoms with Crippen molar-refractivity contribution in [3.05, 3.63) is 29.3 Å². The van der Waals surface area contributed by atoms with E-state index in [-0.39, 0.29) is 12.1 Å². The van der Waals surface area contributed by atoms with Crippen LogP contribution in [0, 0.1) is 0 Å². The van der Waals surface area contributed by atoms with Crippen LogP contribution < -0.4 is 10.5 Å². The van der Waals surface area contributed by atoms with E-state index in [2.05, 4.69) is 6.07 Å². The molecule has 1 aliphatic heterocycles. The van der Waals surface area contributed by atoms with Crippen LogP contribution in [0.4, 0.5) is 0 Å². The summed E-state index contributed by atoms with van der Waals surface area (Å²) in [7, 11) is 0. The number of rotatable bonds is 4. The molecular formula is C14H21NO2. The van der Waals surface area contributed by atoms with Crippen LogP contribution in [-0.4, -0.2) is 18.3 Å². The molecule has 1 unspecified atom stereocenters. The Hall–Kier alpha value is -1.06. The van der Waals surface area contributed by atoms with Gasteiger partial charge in [0.05, 0.1) is 6.61 Å². The van der Waals surface area contributed by atoms with Gasteiger partial charge in [-0.15, -0.1) is 0 Å². The van der Waals surface area contributed by atoms with E-state index in [1.807, 2.05) is 19.1 Å². The van der Waals surface area contributed by atoms with Crippen LogP contribution >= 0.6 is 0 Å². The normalized spacial score (nSPS) is 18.1. The van der Waals surface area contributed by atoms with Gasteiger partial charge in [0.25, 0.3) is 0 Å². The van der Waals surface area contributed by atoms with Crippen LogP contribution in [0.25, 0.3) is 0 Å². The molecule has 1 atom stereocenters. The number of hydrogen-bond donors (Lipinski definition) is 2. The van der Waals surface area contributed by atoms with E-state index < -0.39 is 0 Å². The number of nitrogens with two attached hydrogens (primary N) is 1. The maximum atomic E-state index is 8.89. The molecule has 0 aromatic heterocycles. The third-order valence-corrected chi connectivity index (χ3v) is 3.42. The first-order valence-electron chi connectivity index (χ1n) is 6.29. The maximum Gasteiger partial charge on any atom is 0.122 e. The zero-order chi connectivity index (χ0) is 12.3. The number of aryl methyl sites for hydroxylation is 1. The Morgan fingerprint density at radius 3 is 3.06 bits per heavy atom. The average molecular weight is 235 g/mol. The lowest BCUT2D eigenvalue weighted by Crippen LogP contribution is -2.33. The molecule has 1 aliphatic rings. The molecule has 94 valence electrons. The van der Waals surface area contributed by atoms with E-state index in [0.29, 0.717) is 0 Å². The fourth-order valence-corrected chi connectivity index (χ4v) is 2.31. The van der Waals surface area contributed by atoms with Crippen molar-refractivity contribution in [1.29, 1.82) is 0 Å². The van der Waals surface area contributed by atoms with Crippen LogP contribution in [0.2, 0.25) is 0 Å². The molecule has 0 saturated carbocycles. The summed E-state index contributed by atoms with van der Waals surface area (Å²) >= 11 is 0. The lowest BCUT2D eigenvalue weighted by molar-refractivity contribution is 0.265. The van der Waals surface area contributed by atoms with Crippen LogP contribution in [-0.2, 0) is 12.0 Å². The molecule has 3 nitrogen and oxygen atoms in total. The Balaban J connectivity index is 2.20. The van der Waals surface area contributed by atoms with Crippen LogP contribution in [0.1, 0.15) is 37.3 Å². The van der Waals surface area contributed by atoms with E-state index in [0.717, 1.165) is 43.6 Å². The van der Waals surface area contributed by atoms with Gasteiger partial charge in [0.1, 0.15) is 5.75 Å². The number of aliphatic hydroxyl groups excluding tert-OH is 1. The monoisotopic (exact) mass is 235 g/mol. The molecule has 1 heterocycles. The molecule has 0 aliphatic carbocycles. The Labute approximate surface area is 103 Å². The molecule has 3 N–H and O–H groups in total. The molecule has 0 spiro atoms. The van der Waals surface area contributed by atoms with Gasteiger partial charge < -0.3 is 15.6 Å². The van der Waals surface area contributed by atoms with Crippen molar-refractivity contribution in [1.82, 2.24) is 0 Å². The quantitative estimate of drug-likeness (QED) is 0.838. The fourth-order valence-electron chi connectivity index (χ4n) is 2.31. The minimum atomic E-state index is -0.366. The van der Waals surface area contributed by atoms with Crippen molar-refractivity contribution in [2.45, 2.75) is 38.1 Å². The summed E-state index contributed by atoms with van der Waals surface area (Å²) in [5.74, 6) is 0.998. The molecule has 0 radical (unpaired) electrons. The zero-order valence-electron chi connectivity index (χ0n) is 10.4. The molecule has 1 aromatic carbocycles. The van der Waals surface area contributed by atoms with Crippen molar-refractivity contribution in [2.24, 2.45) is 5.73 Å². The zero-order valence-corrected chi connectivity index (χ0v) is 10.4. The van der Waals surface area contributed by atoms with Gasteiger partial charge in [-0.25, -0.2) is 0 Å². The van der Waals surface area contributed by atoms with Gasteiger partial charge in [-0.3, -0.25) is 0 Å². The topological polar surface area (TPSA) is 55.5 Å². The van der Waals surface area contributed by atoms with Gasteiger partial charge in [0.15, 0.2) is 0 Å². The smallest absolute Gasteiger partial charge is 0.122 e. The minimum absolute atomic E-state index is 0.195. The summed E-state index contributed by atoms with van der Waals surface area (Å²) in [6, 6.07) is 6.22. The van der Waals surface area contributed by atoms with Gasteiger partial charge in [0.2, 0.25) is 0 Å². The van der Waals surface area contributed by atoms with Gasteiger partial charge in [0, 0.05) is 12.1 Å². The highest BCUT2D eigenvalue weighted by atomic mass is 16.5. The summed E-state index contributed by atoms with van der Waals surface area (Å²) in [6.45, 7) is 3.03. The number of benzene rings is 1. The first kappa shape index (κ1) is 12.4. The molecule has 0 bridgehead atoms. The Morgan fingerprint density at radius 2 is 2.29 bits per heavy atom. The number of fused-ring (bicyclic) bond motifs is 1. The molecular weight excluding hydrogens is 214 g/mol. The summed E-state index contributed by atoms with van der Waals surface area (Å²) in [5, 5.41) is 8.89. The highest BCUT2D eigenvalue weighted by Crippen LogP contribution is 2.30. The Bertz CT molecular complexity index is 388. The van der Waals surface area contributed by atoms with Crippen LogP contribution in [0.5, 0.6) is 5.75 Å². The third-order valence-electron chi connectivity index (χ3n) is 3.42. The van der Waals surface area contributed by atoms with Crippen molar-refractivity contribution < 1.29 is 9.84 Å². The van der Waals surface area contributed by atoms with E-state index >= 15 is 0 Å². The SMILES string of the molecule is CC(N)(CCCO)c1ccc2c(c1)CCCO2. The second kappa shape index (κ2) is 5.07. The molecule has 2 rings (SSSR count). The Kier molecular flexibility index (Phi) is 3.69. The van der Waals surface area contributed by atoms with E-state index in [9.17, 15) is 0 Å². The highest BCUT2D eigenvalue weighted by Gasteiger charge is 2.22. The van der Waals surface area contributed by atoms with Crippen molar-refractivity contribution in [3.8, 4) is 5.75 Å². The first-order chi connectivity index (χ1) is 8.13. The maximum absolute atomic E-state index is 8.89. The van der Waals surface area contributed by atoms with E-state index in [1.165, 1.54) is 5.56 Å². The van der Waals surface area contributed by atoms with Crippen LogP contribution in [0.15, 0.2) is 18.2 Å². The summed E-state index contributed by atoms with van der Waals surface area (Å²) in [5.41, 5.74) is 8.33. The molecule has 17 heavy (non-hydrogen) atoms. The van der Waals surface area contributed by atoms with Gasteiger partial charge in [-0.05, 0) is 49.8 Å². The average Bonchev–Trinajstić information content (AvgIpc) is 2.36. The number of ether oxygens (including phenoxy) is 1. The molecule has 0 saturated heterocycles. The van der Waals surface area contributed by atoms with Gasteiger partial charge in [-0.1, -0.05) is 12.1 Å². The van der Waals surface area contributed by atoms with Crippen molar-refractivity contribution >= 4 is 0 Å². The predicted octanol–water partition coefficient (Wildman–Crippen LogP) is 1.96. The molecule has 1 aromatic rings. The van der Waals surface area contributed by atoms with Gasteiger partial charge in [-0.2, -0.15) is 0 Å².